The lowest BCUT2D eigenvalue weighted by Crippen LogP contribution is -2.38. The van der Waals surface area contributed by atoms with E-state index in [2.05, 4.69) is 23.2 Å². The third-order valence-electron chi connectivity index (χ3n) is 4.22. The number of carbonyl (C=O) groups is 1. The van der Waals surface area contributed by atoms with Crippen molar-refractivity contribution in [2.75, 3.05) is 13.1 Å². The fourth-order valence-corrected chi connectivity index (χ4v) is 3.05. The molecule has 0 saturated heterocycles. The van der Waals surface area contributed by atoms with Crippen LogP contribution in [0.1, 0.15) is 33.6 Å². The van der Waals surface area contributed by atoms with Crippen molar-refractivity contribution >= 4 is 11.5 Å². The molecule has 23 heavy (non-hydrogen) atoms. The summed E-state index contributed by atoms with van der Waals surface area (Å²) in [6.45, 7) is 4.80. The molecular weight excluding hydrogens is 288 g/mol. The molecule has 0 fully saturated rings. The van der Waals surface area contributed by atoms with Crippen LogP contribution in [-0.4, -0.2) is 28.9 Å². The molecule has 3 rings (SSSR count). The fourth-order valence-electron chi connectivity index (χ4n) is 3.05. The van der Waals surface area contributed by atoms with Gasteiger partial charge in [0.1, 0.15) is 5.56 Å². The van der Waals surface area contributed by atoms with Crippen molar-refractivity contribution in [2.24, 2.45) is 0 Å². The highest BCUT2D eigenvalue weighted by molar-refractivity contribution is 5.95. The summed E-state index contributed by atoms with van der Waals surface area (Å²) in [6.07, 6.45) is 2.88. The molecule has 118 valence electrons. The second-order valence-electron chi connectivity index (χ2n) is 5.94. The highest BCUT2D eigenvalue weighted by Crippen LogP contribution is 2.22. The molecule has 2 aromatic rings. The van der Waals surface area contributed by atoms with Gasteiger partial charge in [-0.2, -0.15) is 0 Å². The molecule has 1 aliphatic heterocycles. The number of aryl methyl sites for hydroxylation is 2. The summed E-state index contributed by atoms with van der Waals surface area (Å²) in [5.74, 6) is -0.188. The Morgan fingerprint density at radius 2 is 1.91 bits per heavy atom. The number of hydrogen-bond acceptors (Lipinski definition) is 2. The number of amides is 1. The first-order valence-electron chi connectivity index (χ1n) is 7.80. The summed E-state index contributed by atoms with van der Waals surface area (Å²) < 4.78 is 0. The number of nitrogens with zero attached hydrogens (tertiary/aromatic N) is 1. The van der Waals surface area contributed by atoms with Gasteiger partial charge in [-0.15, -0.1) is 0 Å². The number of aromatic nitrogens is 1. The van der Waals surface area contributed by atoms with Crippen molar-refractivity contribution in [3.63, 3.8) is 0 Å². The maximum atomic E-state index is 12.7. The third-order valence-corrected chi connectivity index (χ3v) is 4.22. The van der Waals surface area contributed by atoms with E-state index in [-0.39, 0.29) is 17.0 Å². The van der Waals surface area contributed by atoms with E-state index in [1.807, 2.05) is 38.1 Å². The van der Waals surface area contributed by atoms with Gasteiger partial charge in [0.25, 0.3) is 11.5 Å². The van der Waals surface area contributed by atoms with Gasteiger partial charge in [-0.3, -0.25) is 9.59 Å². The maximum absolute atomic E-state index is 12.7. The van der Waals surface area contributed by atoms with Crippen LogP contribution < -0.4 is 5.56 Å². The molecule has 1 aromatic carbocycles. The van der Waals surface area contributed by atoms with E-state index in [1.165, 1.54) is 11.1 Å². The van der Waals surface area contributed by atoms with Crippen LogP contribution in [0.2, 0.25) is 0 Å². The Balaban J connectivity index is 1.82. The van der Waals surface area contributed by atoms with Crippen LogP contribution >= 0.6 is 0 Å². The number of rotatable bonds is 2. The molecule has 1 aliphatic rings. The summed E-state index contributed by atoms with van der Waals surface area (Å²) >= 11 is 0. The fraction of sp³-hybridized carbons (Fsp3) is 0.263. The van der Waals surface area contributed by atoms with Crippen molar-refractivity contribution < 1.29 is 4.79 Å². The standard InChI is InChI=1S/C19H20N2O2/c1-13-12-14(2)20-18(22)17(13)19(23)21-10-8-16(9-11-21)15-6-4-3-5-7-15/h3-8,12H,9-11H2,1-2H3,(H,20,22). The molecule has 0 saturated carbocycles. The van der Waals surface area contributed by atoms with Gasteiger partial charge in [-0.1, -0.05) is 36.4 Å². The lowest BCUT2D eigenvalue weighted by atomic mass is 9.99. The van der Waals surface area contributed by atoms with Crippen molar-refractivity contribution in [3.8, 4) is 0 Å². The first kappa shape index (κ1) is 15.3. The number of H-pyrrole nitrogens is 1. The van der Waals surface area contributed by atoms with Gasteiger partial charge in [-0.25, -0.2) is 0 Å². The molecule has 0 unspecified atom stereocenters. The van der Waals surface area contributed by atoms with E-state index in [0.29, 0.717) is 13.1 Å². The van der Waals surface area contributed by atoms with Gasteiger partial charge in [0.15, 0.2) is 0 Å². The lowest BCUT2D eigenvalue weighted by molar-refractivity contribution is 0.0770. The molecular formula is C19H20N2O2. The highest BCUT2D eigenvalue weighted by Gasteiger charge is 2.23. The minimum atomic E-state index is -0.301. The van der Waals surface area contributed by atoms with E-state index in [1.54, 1.807) is 4.90 Å². The Hall–Kier alpha value is -2.62. The molecule has 0 aliphatic carbocycles. The van der Waals surface area contributed by atoms with Crippen molar-refractivity contribution in [1.82, 2.24) is 9.88 Å². The lowest BCUT2D eigenvalue weighted by Gasteiger charge is -2.27. The minimum Gasteiger partial charge on any atom is -0.334 e. The normalized spacial score (nSPS) is 14.5. The van der Waals surface area contributed by atoms with Gasteiger partial charge < -0.3 is 9.88 Å². The number of aromatic amines is 1. The number of nitrogens with one attached hydrogen (secondary N) is 1. The topological polar surface area (TPSA) is 53.2 Å². The zero-order valence-electron chi connectivity index (χ0n) is 13.4. The van der Waals surface area contributed by atoms with Crippen molar-refractivity contribution in [1.29, 1.82) is 0 Å². The predicted octanol–water partition coefficient (Wildman–Crippen LogP) is 2.92. The number of hydrogen-bond donors (Lipinski definition) is 1. The van der Waals surface area contributed by atoms with Crippen molar-refractivity contribution in [3.05, 3.63) is 75.2 Å². The molecule has 4 nitrogen and oxygen atoms in total. The molecule has 2 heterocycles. The van der Waals surface area contributed by atoms with Crippen LogP contribution in [0.15, 0.2) is 47.3 Å². The molecule has 1 aromatic heterocycles. The molecule has 0 radical (unpaired) electrons. The van der Waals surface area contributed by atoms with E-state index >= 15 is 0 Å². The zero-order valence-corrected chi connectivity index (χ0v) is 13.4. The van der Waals surface area contributed by atoms with E-state index in [9.17, 15) is 9.59 Å². The quantitative estimate of drug-likeness (QED) is 0.927. The zero-order chi connectivity index (χ0) is 16.4. The molecule has 1 amide bonds. The Bertz CT molecular complexity index is 819. The number of carbonyl (C=O) groups excluding carboxylic acids is 1. The molecule has 0 bridgehead atoms. The van der Waals surface area contributed by atoms with Crippen LogP contribution in [-0.2, 0) is 0 Å². The Morgan fingerprint density at radius 3 is 2.52 bits per heavy atom. The average Bonchev–Trinajstić information content (AvgIpc) is 2.55. The summed E-state index contributed by atoms with van der Waals surface area (Å²) in [5, 5.41) is 0. The molecule has 4 heteroatoms. The van der Waals surface area contributed by atoms with E-state index < -0.39 is 0 Å². The second-order valence-corrected chi connectivity index (χ2v) is 5.94. The van der Waals surface area contributed by atoms with Gasteiger partial charge in [0.05, 0.1) is 0 Å². The average molecular weight is 308 g/mol. The SMILES string of the molecule is Cc1cc(C)c(C(=O)N2CC=C(c3ccccc3)CC2)c(=O)[nH]1. The van der Waals surface area contributed by atoms with Gasteiger partial charge in [0.2, 0.25) is 0 Å². The largest absolute Gasteiger partial charge is 0.334 e. The number of benzene rings is 1. The maximum Gasteiger partial charge on any atom is 0.261 e. The van der Waals surface area contributed by atoms with Crippen LogP contribution in [0.3, 0.4) is 0 Å². The Labute approximate surface area is 135 Å². The molecule has 0 atom stereocenters. The monoisotopic (exact) mass is 308 g/mol. The minimum absolute atomic E-state index is 0.188. The van der Waals surface area contributed by atoms with E-state index in [4.69, 9.17) is 0 Å². The highest BCUT2D eigenvalue weighted by atomic mass is 16.2. The van der Waals surface area contributed by atoms with Crippen LogP contribution in [0.4, 0.5) is 0 Å². The van der Waals surface area contributed by atoms with Gasteiger partial charge in [0, 0.05) is 18.8 Å². The number of pyridine rings is 1. The van der Waals surface area contributed by atoms with Crippen molar-refractivity contribution in [2.45, 2.75) is 20.3 Å². The summed E-state index contributed by atoms with van der Waals surface area (Å²) in [6, 6.07) is 12.0. The predicted molar refractivity (Wildman–Crippen MR) is 91.5 cm³/mol. The van der Waals surface area contributed by atoms with Gasteiger partial charge >= 0.3 is 0 Å². The second kappa shape index (κ2) is 6.24. The Morgan fingerprint density at radius 1 is 1.17 bits per heavy atom. The van der Waals surface area contributed by atoms with Crippen LogP contribution in [0, 0.1) is 13.8 Å². The third kappa shape index (κ3) is 3.11. The summed E-state index contributed by atoms with van der Waals surface area (Å²) in [7, 11) is 0. The molecule has 1 N–H and O–H groups in total. The van der Waals surface area contributed by atoms with Gasteiger partial charge in [-0.05, 0) is 43.0 Å². The first-order chi connectivity index (χ1) is 11.1. The molecule has 0 spiro atoms. The van der Waals surface area contributed by atoms with E-state index in [0.717, 1.165) is 17.7 Å². The summed E-state index contributed by atoms with van der Waals surface area (Å²) in [5.41, 5.74) is 3.91. The smallest absolute Gasteiger partial charge is 0.261 e. The first-order valence-corrected chi connectivity index (χ1v) is 7.80. The van der Waals surface area contributed by atoms with Crippen LogP contribution in [0.25, 0.3) is 5.57 Å². The van der Waals surface area contributed by atoms with Crippen LogP contribution in [0.5, 0.6) is 0 Å². The summed E-state index contributed by atoms with van der Waals surface area (Å²) in [4.78, 5) is 29.2. The Kier molecular flexibility index (Phi) is 4.15.